The maximum absolute atomic E-state index is 3.71. The van der Waals surface area contributed by atoms with Crippen LogP contribution in [0.3, 0.4) is 0 Å². The smallest absolute Gasteiger partial charge is 0.0229 e. The van der Waals surface area contributed by atoms with Crippen molar-refractivity contribution in [2.45, 2.75) is 57.2 Å². The highest BCUT2D eigenvalue weighted by molar-refractivity contribution is 4.88. The molecule has 1 aliphatic carbocycles. The van der Waals surface area contributed by atoms with E-state index in [0.717, 1.165) is 18.1 Å². The Morgan fingerprint density at radius 3 is 2.59 bits per heavy atom. The molecule has 17 heavy (non-hydrogen) atoms. The van der Waals surface area contributed by atoms with Gasteiger partial charge in [0.2, 0.25) is 0 Å². The van der Waals surface area contributed by atoms with Crippen molar-refractivity contribution >= 4 is 0 Å². The van der Waals surface area contributed by atoms with E-state index in [-0.39, 0.29) is 0 Å². The van der Waals surface area contributed by atoms with Crippen molar-refractivity contribution in [2.24, 2.45) is 0 Å². The van der Waals surface area contributed by atoms with Gasteiger partial charge in [-0.2, -0.15) is 0 Å². The summed E-state index contributed by atoms with van der Waals surface area (Å²) in [7, 11) is 4.43. The molecule has 100 valence electrons. The molecular formula is C14H29N3. The van der Waals surface area contributed by atoms with Crippen molar-refractivity contribution in [1.82, 2.24) is 15.1 Å². The van der Waals surface area contributed by atoms with Crippen molar-refractivity contribution in [1.29, 1.82) is 0 Å². The molecule has 0 amide bonds. The monoisotopic (exact) mass is 239 g/mol. The van der Waals surface area contributed by atoms with Gasteiger partial charge in [0.15, 0.2) is 0 Å². The van der Waals surface area contributed by atoms with Crippen molar-refractivity contribution in [3.63, 3.8) is 0 Å². The van der Waals surface area contributed by atoms with E-state index >= 15 is 0 Å². The summed E-state index contributed by atoms with van der Waals surface area (Å²) < 4.78 is 0. The number of nitrogens with one attached hydrogen (secondary N) is 1. The Morgan fingerprint density at radius 2 is 2.06 bits per heavy atom. The molecular weight excluding hydrogens is 210 g/mol. The van der Waals surface area contributed by atoms with Crippen molar-refractivity contribution in [2.75, 3.05) is 33.7 Å². The van der Waals surface area contributed by atoms with Gasteiger partial charge in [-0.25, -0.2) is 0 Å². The summed E-state index contributed by atoms with van der Waals surface area (Å²) >= 11 is 0. The second kappa shape index (κ2) is 6.17. The lowest BCUT2D eigenvalue weighted by molar-refractivity contribution is 0.200. The maximum atomic E-state index is 3.71. The van der Waals surface area contributed by atoms with Crippen LogP contribution in [0.2, 0.25) is 0 Å². The van der Waals surface area contributed by atoms with Crippen LogP contribution in [0.1, 0.15) is 39.0 Å². The summed E-state index contributed by atoms with van der Waals surface area (Å²) in [6, 6.07) is 2.39. The molecule has 0 aromatic carbocycles. The van der Waals surface area contributed by atoms with Crippen LogP contribution in [-0.4, -0.2) is 61.7 Å². The fourth-order valence-electron chi connectivity index (χ4n) is 2.86. The second-order valence-corrected chi connectivity index (χ2v) is 6.03. The van der Waals surface area contributed by atoms with Crippen LogP contribution < -0.4 is 5.32 Å². The first-order valence-electron chi connectivity index (χ1n) is 7.34. The summed E-state index contributed by atoms with van der Waals surface area (Å²) in [6.45, 7) is 6.08. The SMILES string of the molecule is CCCC(CNC1CC1)N1CCC(N(C)C)C1. The van der Waals surface area contributed by atoms with Crippen LogP contribution in [0.4, 0.5) is 0 Å². The summed E-state index contributed by atoms with van der Waals surface area (Å²) in [5.74, 6) is 0. The van der Waals surface area contributed by atoms with Gasteiger partial charge in [-0.15, -0.1) is 0 Å². The molecule has 0 aromatic heterocycles. The molecule has 3 heteroatoms. The van der Waals surface area contributed by atoms with Gasteiger partial charge in [0.05, 0.1) is 0 Å². The number of likely N-dealkylation sites (tertiary alicyclic amines) is 1. The number of rotatable bonds is 7. The molecule has 2 unspecified atom stereocenters. The molecule has 1 saturated carbocycles. The molecule has 1 N–H and O–H groups in total. The van der Waals surface area contributed by atoms with Crippen LogP contribution in [0, 0.1) is 0 Å². The topological polar surface area (TPSA) is 18.5 Å². The van der Waals surface area contributed by atoms with Crippen LogP contribution in [0.5, 0.6) is 0 Å². The molecule has 2 atom stereocenters. The molecule has 1 heterocycles. The Balaban J connectivity index is 1.78. The third-order valence-electron chi connectivity index (χ3n) is 4.28. The van der Waals surface area contributed by atoms with Crippen LogP contribution >= 0.6 is 0 Å². The van der Waals surface area contributed by atoms with E-state index in [0.29, 0.717) is 0 Å². The van der Waals surface area contributed by atoms with Gasteiger partial charge in [-0.1, -0.05) is 13.3 Å². The number of nitrogens with zero attached hydrogens (tertiary/aromatic N) is 2. The second-order valence-electron chi connectivity index (χ2n) is 6.03. The summed E-state index contributed by atoms with van der Waals surface area (Å²) in [6.07, 6.45) is 6.80. The zero-order valence-corrected chi connectivity index (χ0v) is 11.8. The normalized spacial score (nSPS) is 27.9. The lowest BCUT2D eigenvalue weighted by Gasteiger charge is -2.29. The highest BCUT2D eigenvalue weighted by Gasteiger charge is 2.30. The van der Waals surface area contributed by atoms with E-state index in [1.807, 2.05) is 0 Å². The number of hydrogen-bond acceptors (Lipinski definition) is 3. The first-order valence-corrected chi connectivity index (χ1v) is 7.34. The highest BCUT2D eigenvalue weighted by Crippen LogP contribution is 2.21. The highest BCUT2D eigenvalue weighted by atomic mass is 15.3. The Morgan fingerprint density at radius 1 is 1.29 bits per heavy atom. The van der Waals surface area contributed by atoms with Crippen molar-refractivity contribution < 1.29 is 0 Å². The third-order valence-corrected chi connectivity index (χ3v) is 4.28. The average Bonchev–Trinajstić information content (AvgIpc) is 2.98. The molecule has 1 saturated heterocycles. The maximum Gasteiger partial charge on any atom is 0.0229 e. The summed E-state index contributed by atoms with van der Waals surface area (Å²) in [5.41, 5.74) is 0. The fraction of sp³-hybridized carbons (Fsp3) is 1.00. The molecule has 3 nitrogen and oxygen atoms in total. The van der Waals surface area contributed by atoms with E-state index in [1.54, 1.807) is 0 Å². The van der Waals surface area contributed by atoms with Gasteiger partial charge in [-0.05, 0) is 39.8 Å². The Kier molecular flexibility index (Phi) is 4.83. The van der Waals surface area contributed by atoms with Gasteiger partial charge in [0.25, 0.3) is 0 Å². The average molecular weight is 239 g/mol. The lowest BCUT2D eigenvalue weighted by atomic mass is 10.1. The van der Waals surface area contributed by atoms with Gasteiger partial charge in [0.1, 0.15) is 0 Å². The molecule has 2 rings (SSSR count). The van der Waals surface area contributed by atoms with Gasteiger partial charge < -0.3 is 10.2 Å². The molecule has 0 radical (unpaired) electrons. The van der Waals surface area contributed by atoms with Crippen LogP contribution in [-0.2, 0) is 0 Å². The van der Waals surface area contributed by atoms with Gasteiger partial charge >= 0.3 is 0 Å². The summed E-state index contributed by atoms with van der Waals surface area (Å²) in [5, 5.41) is 3.71. The van der Waals surface area contributed by atoms with Crippen LogP contribution in [0.25, 0.3) is 0 Å². The van der Waals surface area contributed by atoms with E-state index in [2.05, 4.69) is 36.1 Å². The van der Waals surface area contributed by atoms with Crippen molar-refractivity contribution in [3.8, 4) is 0 Å². The quantitative estimate of drug-likeness (QED) is 0.727. The Labute approximate surface area is 107 Å². The predicted octanol–water partition coefficient (Wildman–Crippen LogP) is 1.54. The standard InChI is InChI=1S/C14H29N3/c1-4-5-13(10-15-12-6-7-12)17-9-8-14(11-17)16(2)3/h12-15H,4-11H2,1-3H3. The first-order chi connectivity index (χ1) is 8.20. The van der Waals surface area contributed by atoms with Crippen molar-refractivity contribution in [3.05, 3.63) is 0 Å². The number of likely N-dealkylation sites (N-methyl/N-ethyl adjacent to an activating group) is 1. The first kappa shape index (κ1) is 13.3. The largest absolute Gasteiger partial charge is 0.312 e. The molecule has 1 aliphatic heterocycles. The Hall–Kier alpha value is -0.120. The minimum Gasteiger partial charge on any atom is -0.312 e. The lowest BCUT2D eigenvalue weighted by Crippen LogP contribution is -2.43. The molecule has 2 aliphatic rings. The predicted molar refractivity (Wildman–Crippen MR) is 73.4 cm³/mol. The molecule has 0 bridgehead atoms. The van der Waals surface area contributed by atoms with E-state index in [9.17, 15) is 0 Å². The zero-order chi connectivity index (χ0) is 12.3. The Bertz CT molecular complexity index is 226. The molecule has 2 fully saturated rings. The number of hydrogen-bond donors (Lipinski definition) is 1. The summed E-state index contributed by atoms with van der Waals surface area (Å²) in [4.78, 5) is 5.10. The van der Waals surface area contributed by atoms with E-state index in [4.69, 9.17) is 0 Å². The zero-order valence-electron chi connectivity index (χ0n) is 11.8. The third kappa shape index (κ3) is 3.94. The fourth-order valence-corrected chi connectivity index (χ4v) is 2.86. The van der Waals surface area contributed by atoms with Gasteiger partial charge in [-0.3, -0.25) is 4.90 Å². The molecule has 0 aromatic rings. The molecule has 0 spiro atoms. The van der Waals surface area contributed by atoms with E-state index in [1.165, 1.54) is 51.7 Å². The minimum atomic E-state index is 0.769. The van der Waals surface area contributed by atoms with Gasteiger partial charge in [0, 0.05) is 37.8 Å². The minimum absolute atomic E-state index is 0.769. The van der Waals surface area contributed by atoms with Crippen LogP contribution in [0.15, 0.2) is 0 Å². The van der Waals surface area contributed by atoms with E-state index < -0.39 is 0 Å².